The lowest BCUT2D eigenvalue weighted by Gasteiger charge is -2.22. The molecule has 0 radical (unpaired) electrons. The minimum Gasteiger partial charge on any atom is -0.306 e. The number of para-hydroxylation sites is 2. The zero-order chi connectivity index (χ0) is 18.8. The van der Waals surface area contributed by atoms with E-state index in [0.29, 0.717) is 6.54 Å². The van der Waals surface area contributed by atoms with Crippen LogP contribution in [0.15, 0.2) is 76.0 Å². The molecule has 27 heavy (non-hydrogen) atoms. The van der Waals surface area contributed by atoms with Gasteiger partial charge in [-0.1, -0.05) is 49.1 Å². The third-order valence-electron chi connectivity index (χ3n) is 4.46. The SMILES string of the molecule is C=Cc1ccc(CN2C(=O)CC(c3ccc(Br)s3)=Nc3ccccc32)cc1. The number of amides is 1. The molecule has 0 atom stereocenters. The van der Waals surface area contributed by atoms with Crippen LogP contribution in [0.1, 0.15) is 22.4 Å². The molecule has 0 saturated heterocycles. The second-order valence-corrected chi connectivity index (χ2v) is 8.72. The maximum atomic E-state index is 13.1. The highest BCUT2D eigenvalue weighted by Gasteiger charge is 2.25. The molecular formula is C22H17BrN2OS. The van der Waals surface area contributed by atoms with Gasteiger partial charge < -0.3 is 4.90 Å². The maximum absolute atomic E-state index is 13.1. The smallest absolute Gasteiger partial charge is 0.233 e. The zero-order valence-electron chi connectivity index (χ0n) is 14.6. The van der Waals surface area contributed by atoms with E-state index < -0.39 is 0 Å². The number of hydrogen-bond donors (Lipinski definition) is 0. The fourth-order valence-electron chi connectivity index (χ4n) is 3.07. The van der Waals surface area contributed by atoms with Crippen LogP contribution in [0.25, 0.3) is 6.08 Å². The first kappa shape index (κ1) is 17.9. The molecule has 0 saturated carbocycles. The van der Waals surface area contributed by atoms with E-state index in [1.807, 2.05) is 71.6 Å². The monoisotopic (exact) mass is 436 g/mol. The van der Waals surface area contributed by atoms with Gasteiger partial charge in [-0.15, -0.1) is 11.3 Å². The summed E-state index contributed by atoms with van der Waals surface area (Å²) in [5.74, 6) is 0.0519. The number of anilines is 1. The van der Waals surface area contributed by atoms with Gasteiger partial charge >= 0.3 is 0 Å². The lowest BCUT2D eigenvalue weighted by molar-refractivity contribution is -0.117. The summed E-state index contributed by atoms with van der Waals surface area (Å²) >= 11 is 5.09. The van der Waals surface area contributed by atoms with Gasteiger partial charge in [0.05, 0.1) is 38.7 Å². The fraction of sp³-hybridized carbons (Fsp3) is 0.0909. The first-order chi connectivity index (χ1) is 13.1. The Kier molecular flexibility index (Phi) is 5.05. The molecule has 1 aliphatic rings. The van der Waals surface area contributed by atoms with Crippen LogP contribution in [0.4, 0.5) is 11.4 Å². The molecule has 3 aromatic rings. The van der Waals surface area contributed by atoms with Gasteiger partial charge in [0.1, 0.15) is 0 Å². The van der Waals surface area contributed by atoms with Crippen LogP contribution in [-0.2, 0) is 11.3 Å². The first-order valence-electron chi connectivity index (χ1n) is 8.58. The largest absolute Gasteiger partial charge is 0.306 e. The van der Waals surface area contributed by atoms with Gasteiger partial charge in [-0.3, -0.25) is 4.79 Å². The molecule has 2 heterocycles. The lowest BCUT2D eigenvalue weighted by Crippen LogP contribution is -2.30. The van der Waals surface area contributed by atoms with Gasteiger partial charge in [0, 0.05) is 0 Å². The van der Waals surface area contributed by atoms with E-state index >= 15 is 0 Å². The summed E-state index contributed by atoms with van der Waals surface area (Å²) in [6, 6.07) is 19.9. The number of rotatable bonds is 4. The van der Waals surface area contributed by atoms with Crippen molar-refractivity contribution in [1.82, 2.24) is 0 Å². The number of carbonyl (C=O) groups is 1. The highest BCUT2D eigenvalue weighted by atomic mass is 79.9. The van der Waals surface area contributed by atoms with Crippen molar-refractivity contribution in [2.45, 2.75) is 13.0 Å². The van der Waals surface area contributed by atoms with E-state index in [0.717, 1.165) is 36.9 Å². The van der Waals surface area contributed by atoms with E-state index in [9.17, 15) is 4.79 Å². The van der Waals surface area contributed by atoms with Crippen LogP contribution in [0, 0.1) is 0 Å². The van der Waals surface area contributed by atoms with E-state index in [2.05, 4.69) is 22.5 Å². The molecule has 3 nitrogen and oxygen atoms in total. The van der Waals surface area contributed by atoms with Crippen molar-refractivity contribution in [3.63, 3.8) is 0 Å². The highest BCUT2D eigenvalue weighted by Crippen LogP contribution is 2.35. The van der Waals surface area contributed by atoms with Crippen molar-refractivity contribution in [2.24, 2.45) is 4.99 Å². The Bertz CT molecular complexity index is 1040. The standard InChI is InChI=1S/C22H17BrN2OS/c1-2-15-7-9-16(10-8-15)14-25-19-6-4-3-5-17(19)24-18(13-22(25)26)20-11-12-21(23)27-20/h2-12H,1,13-14H2. The number of nitrogens with zero attached hydrogens (tertiary/aromatic N) is 2. The number of halogens is 1. The van der Waals surface area contributed by atoms with Gasteiger partial charge in [-0.25, -0.2) is 4.99 Å². The van der Waals surface area contributed by atoms with Gasteiger partial charge in [-0.2, -0.15) is 0 Å². The molecule has 4 rings (SSSR count). The average Bonchev–Trinajstić information content (AvgIpc) is 3.07. The summed E-state index contributed by atoms with van der Waals surface area (Å²) in [7, 11) is 0. The quantitative estimate of drug-likeness (QED) is 0.478. The van der Waals surface area contributed by atoms with Gasteiger partial charge in [0.15, 0.2) is 0 Å². The minimum atomic E-state index is 0.0519. The van der Waals surface area contributed by atoms with Crippen LogP contribution in [0.5, 0.6) is 0 Å². The minimum absolute atomic E-state index is 0.0519. The molecule has 0 spiro atoms. The first-order valence-corrected chi connectivity index (χ1v) is 10.2. The predicted molar refractivity (Wildman–Crippen MR) is 117 cm³/mol. The second kappa shape index (κ2) is 7.62. The van der Waals surface area contributed by atoms with E-state index in [1.165, 1.54) is 0 Å². The molecule has 1 aliphatic heterocycles. The third kappa shape index (κ3) is 3.80. The van der Waals surface area contributed by atoms with Gasteiger partial charge in [0.25, 0.3) is 0 Å². The molecule has 0 aliphatic carbocycles. The number of hydrogen-bond acceptors (Lipinski definition) is 3. The summed E-state index contributed by atoms with van der Waals surface area (Å²) in [6.07, 6.45) is 2.10. The van der Waals surface area contributed by atoms with Crippen molar-refractivity contribution in [3.05, 3.63) is 87.0 Å². The van der Waals surface area contributed by atoms with Crippen molar-refractivity contribution in [2.75, 3.05) is 4.90 Å². The molecule has 1 aromatic heterocycles. The second-order valence-electron chi connectivity index (χ2n) is 6.25. The van der Waals surface area contributed by atoms with Crippen molar-refractivity contribution in [3.8, 4) is 0 Å². The van der Waals surface area contributed by atoms with Crippen LogP contribution < -0.4 is 4.90 Å². The molecule has 0 N–H and O–H groups in total. The average molecular weight is 437 g/mol. The maximum Gasteiger partial charge on any atom is 0.233 e. The number of aliphatic imine (C=N–C) groups is 1. The molecule has 134 valence electrons. The zero-order valence-corrected chi connectivity index (χ0v) is 17.0. The molecule has 1 amide bonds. The summed E-state index contributed by atoms with van der Waals surface area (Å²) in [4.78, 5) is 20.8. The van der Waals surface area contributed by atoms with Gasteiger partial charge in [0.2, 0.25) is 5.91 Å². The van der Waals surface area contributed by atoms with E-state index in [1.54, 1.807) is 11.3 Å². The Morgan fingerprint density at radius 3 is 2.59 bits per heavy atom. The molecule has 0 bridgehead atoms. The molecule has 2 aromatic carbocycles. The van der Waals surface area contributed by atoms with Crippen molar-refractivity contribution < 1.29 is 4.79 Å². The molecule has 5 heteroatoms. The number of benzene rings is 2. The lowest BCUT2D eigenvalue weighted by atomic mass is 10.1. The molecule has 0 fully saturated rings. The topological polar surface area (TPSA) is 32.7 Å². The molecule has 0 unspecified atom stereocenters. The molecular weight excluding hydrogens is 420 g/mol. The third-order valence-corrected chi connectivity index (χ3v) is 6.13. The Balaban J connectivity index is 1.70. The predicted octanol–water partition coefficient (Wildman–Crippen LogP) is 6.21. The number of thiophene rings is 1. The summed E-state index contributed by atoms with van der Waals surface area (Å²) in [6.45, 7) is 4.31. The van der Waals surface area contributed by atoms with Crippen LogP contribution in [-0.4, -0.2) is 11.6 Å². The normalized spacial score (nSPS) is 13.7. The van der Waals surface area contributed by atoms with Crippen LogP contribution in [0.2, 0.25) is 0 Å². The summed E-state index contributed by atoms with van der Waals surface area (Å²) < 4.78 is 1.03. The highest BCUT2D eigenvalue weighted by molar-refractivity contribution is 9.11. The van der Waals surface area contributed by atoms with Crippen molar-refractivity contribution >= 4 is 56.3 Å². The van der Waals surface area contributed by atoms with E-state index in [-0.39, 0.29) is 12.3 Å². The summed E-state index contributed by atoms with van der Waals surface area (Å²) in [5, 5.41) is 0. The Morgan fingerprint density at radius 2 is 1.89 bits per heavy atom. The Labute approximate surface area is 170 Å². The Hall–Kier alpha value is -2.50. The van der Waals surface area contributed by atoms with Crippen LogP contribution >= 0.6 is 27.3 Å². The van der Waals surface area contributed by atoms with E-state index in [4.69, 9.17) is 4.99 Å². The Morgan fingerprint density at radius 1 is 1.11 bits per heavy atom. The fourth-order valence-corrected chi connectivity index (χ4v) is 4.44. The van der Waals surface area contributed by atoms with Crippen LogP contribution in [0.3, 0.4) is 0 Å². The number of carbonyl (C=O) groups excluding carboxylic acids is 1. The van der Waals surface area contributed by atoms with Crippen molar-refractivity contribution in [1.29, 1.82) is 0 Å². The summed E-state index contributed by atoms with van der Waals surface area (Å²) in [5.41, 5.74) is 4.63. The number of fused-ring (bicyclic) bond motifs is 1. The van der Waals surface area contributed by atoms with Gasteiger partial charge in [-0.05, 0) is 51.3 Å².